The molecule has 0 saturated carbocycles. The van der Waals surface area contributed by atoms with Crippen LogP contribution in [0.1, 0.15) is 97.8 Å². The molecule has 0 bridgehead atoms. The second kappa shape index (κ2) is 44.2. The topological polar surface area (TPSA) is 345 Å². The molecule has 0 aromatic heterocycles. The molecule has 9 amide bonds. The summed E-state index contributed by atoms with van der Waals surface area (Å²) in [5.74, 6) is -3.11. The van der Waals surface area contributed by atoms with Gasteiger partial charge in [-0.2, -0.15) is 0 Å². The molecule has 0 heterocycles. The number of carbonyl (C=O) groups excluding carboxylic acids is 9. The highest BCUT2D eigenvalue weighted by Crippen LogP contribution is 2.08. The van der Waals surface area contributed by atoms with Gasteiger partial charge >= 0.3 is 0 Å². The third kappa shape index (κ3) is 42.8. The van der Waals surface area contributed by atoms with Gasteiger partial charge in [0.25, 0.3) is 0 Å². The summed E-state index contributed by atoms with van der Waals surface area (Å²) in [6.07, 6.45) is 6.20. The first-order valence-corrected chi connectivity index (χ1v) is 24.1. The SMILES string of the molecule is CC(=O)NCCOCCOCC(=O)N[C@@H](CCCCNC(=O)CCCC(=O)NCCOCCOCC(=O)NCCOCCOCC(=O)NCCCC[C@H](C)C(N)=O)C(=O)NCCCC[C@H](C)C(N)=O. The van der Waals surface area contributed by atoms with Gasteiger partial charge in [-0.15, -0.1) is 0 Å². The first-order chi connectivity index (χ1) is 33.1. The Kier molecular flexibility index (Phi) is 41.0. The van der Waals surface area contributed by atoms with Crippen LogP contribution in [0.2, 0.25) is 0 Å². The molecule has 0 aliphatic heterocycles. The first-order valence-electron chi connectivity index (χ1n) is 24.1. The molecule has 69 heavy (non-hydrogen) atoms. The fraction of sp³-hybridized carbons (Fsp3) is 0.800. The standard InChI is InChI=1S/C45H83N9O15/c1-34(43(46)61)11-4-7-17-50-40(58)31-67-28-26-66-24-21-52-41(59)32-68-29-25-65-23-20-51-39(57)15-10-14-38(56)49-16-9-6-13-37(45(63)53-18-8-5-12-35(2)44(47)62)54-42(60)33-69-30-27-64-22-19-48-36(3)55/h34-35,37H,4-33H2,1-3H3,(H2,46,61)(H2,47,62)(H,48,55)(H,49,56)(H,50,58)(H,51,57)(H,52,59)(H,53,63)(H,54,60)/t34-,35-,37-/m0/s1. The van der Waals surface area contributed by atoms with Gasteiger partial charge in [0.2, 0.25) is 53.2 Å². The highest BCUT2D eigenvalue weighted by molar-refractivity contribution is 5.88. The monoisotopic (exact) mass is 990 g/mol. The van der Waals surface area contributed by atoms with Crippen LogP contribution >= 0.6 is 0 Å². The van der Waals surface area contributed by atoms with E-state index in [0.717, 1.165) is 12.8 Å². The van der Waals surface area contributed by atoms with E-state index in [0.29, 0.717) is 84.2 Å². The van der Waals surface area contributed by atoms with Crippen LogP contribution < -0.4 is 48.7 Å². The van der Waals surface area contributed by atoms with Crippen molar-refractivity contribution in [2.45, 2.75) is 104 Å². The van der Waals surface area contributed by atoms with Crippen LogP contribution in [-0.4, -0.2) is 178 Å². The quantitative estimate of drug-likeness (QED) is 0.0304. The normalized spacial score (nSPS) is 12.2. The number of rotatable bonds is 47. The zero-order chi connectivity index (χ0) is 51.3. The van der Waals surface area contributed by atoms with Gasteiger partial charge < -0.3 is 77.1 Å². The zero-order valence-electron chi connectivity index (χ0n) is 41.2. The molecule has 0 fully saturated rings. The summed E-state index contributed by atoms with van der Waals surface area (Å²) in [6, 6.07) is -0.826. The van der Waals surface area contributed by atoms with E-state index in [2.05, 4.69) is 37.2 Å². The Labute approximate surface area is 406 Å². The molecule has 0 spiro atoms. The first kappa shape index (κ1) is 64.0. The number of amides is 9. The van der Waals surface area contributed by atoms with Gasteiger partial charge in [-0.3, -0.25) is 43.2 Å². The highest BCUT2D eigenvalue weighted by Gasteiger charge is 2.20. The predicted octanol–water partition coefficient (Wildman–Crippen LogP) is -1.79. The number of nitrogens with one attached hydrogen (secondary N) is 7. The Balaban J connectivity index is 4.03. The van der Waals surface area contributed by atoms with E-state index in [4.69, 9.17) is 39.9 Å². The van der Waals surface area contributed by atoms with E-state index in [1.165, 1.54) is 6.92 Å². The number of hydrogen-bond acceptors (Lipinski definition) is 15. The van der Waals surface area contributed by atoms with Gasteiger partial charge in [-0.05, 0) is 51.4 Å². The molecule has 0 unspecified atom stereocenters. The lowest BCUT2D eigenvalue weighted by atomic mass is 10.0. The van der Waals surface area contributed by atoms with Gasteiger partial charge in [0, 0.05) is 70.9 Å². The summed E-state index contributed by atoms with van der Waals surface area (Å²) in [5.41, 5.74) is 10.5. The number of primary amides is 2. The Morgan fingerprint density at radius 3 is 1.20 bits per heavy atom. The lowest BCUT2D eigenvalue weighted by Crippen LogP contribution is -2.48. The van der Waals surface area contributed by atoms with Crippen LogP contribution in [0.3, 0.4) is 0 Å². The van der Waals surface area contributed by atoms with Crippen LogP contribution in [0.15, 0.2) is 0 Å². The van der Waals surface area contributed by atoms with E-state index in [-0.39, 0.29) is 158 Å². The van der Waals surface area contributed by atoms with Crippen molar-refractivity contribution in [3.05, 3.63) is 0 Å². The molecular weight excluding hydrogens is 907 g/mol. The van der Waals surface area contributed by atoms with Crippen LogP contribution in [0, 0.1) is 11.8 Å². The molecule has 398 valence electrons. The maximum absolute atomic E-state index is 13.0. The Bertz CT molecular complexity index is 1480. The highest BCUT2D eigenvalue weighted by atomic mass is 16.5. The molecule has 0 saturated heterocycles. The zero-order valence-corrected chi connectivity index (χ0v) is 41.2. The van der Waals surface area contributed by atoms with Crippen molar-refractivity contribution in [3.8, 4) is 0 Å². The molecule has 0 radical (unpaired) electrons. The lowest BCUT2D eigenvalue weighted by Gasteiger charge is -2.19. The minimum atomic E-state index is -0.826. The number of unbranched alkanes of at least 4 members (excludes halogenated alkanes) is 3. The van der Waals surface area contributed by atoms with Crippen molar-refractivity contribution < 1.29 is 71.6 Å². The predicted molar refractivity (Wildman–Crippen MR) is 253 cm³/mol. The Morgan fingerprint density at radius 2 is 0.754 bits per heavy atom. The lowest BCUT2D eigenvalue weighted by molar-refractivity contribution is -0.132. The number of nitrogens with two attached hydrogens (primary N) is 2. The molecule has 24 nitrogen and oxygen atoms in total. The fourth-order valence-electron chi connectivity index (χ4n) is 5.87. The minimum absolute atomic E-state index is 0.0894. The average molecular weight is 990 g/mol. The largest absolute Gasteiger partial charge is 0.377 e. The third-order valence-electron chi connectivity index (χ3n) is 9.99. The van der Waals surface area contributed by atoms with Crippen LogP contribution in [-0.2, 0) is 71.6 Å². The van der Waals surface area contributed by atoms with Gasteiger partial charge in [0.15, 0.2) is 0 Å². The summed E-state index contributed by atoms with van der Waals surface area (Å²) >= 11 is 0. The van der Waals surface area contributed by atoms with E-state index >= 15 is 0 Å². The van der Waals surface area contributed by atoms with E-state index in [9.17, 15) is 43.2 Å². The molecule has 3 atom stereocenters. The summed E-state index contributed by atoms with van der Waals surface area (Å²) in [7, 11) is 0. The Morgan fingerprint density at radius 1 is 0.391 bits per heavy atom. The molecule has 0 aliphatic carbocycles. The van der Waals surface area contributed by atoms with Gasteiger partial charge in [0.1, 0.15) is 25.9 Å². The second-order valence-electron chi connectivity index (χ2n) is 16.2. The minimum Gasteiger partial charge on any atom is -0.377 e. The third-order valence-corrected chi connectivity index (χ3v) is 9.99. The summed E-state index contributed by atoms with van der Waals surface area (Å²) in [5, 5.41) is 19.1. The maximum atomic E-state index is 13.0. The molecule has 0 aromatic carbocycles. The van der Waals surface area contributed by atoms with Crippen molar-refractivity contribution in [2.75, 3.05) is 119 Å². The number of hydrogen-bond donors (Lipinski definition) is 9. The number of carbonyl (C=O) groups is 9. The van der Waals surface area contributed by atoms with Crippen molar-refractivity contribution in [3.63, 3.8) is 0 Å². The molecule has 0 aromatic rings. The summed E-state index contributed by atoms with van der Waals surface area (Å²) in [4.78, 5) is 107. The van der Waals surface area contributed by atoms with Crippen molar-refractivity contribution in [2.24, 2.45) is 23.3 Å². The molecule has 24 heteroatoms. The van der Waals surface area contributed by atoms with E-state index in [1.54, 1.807) is 13.8 Å². The van der Waals surface area contributed by atoms with E-state index < -0.39 is 11.9 Å². The van der Waals surface area contributed by atoms with E-state index in [1.807, 2.05) is 0 Å². The van der Waals surface area contributed by atoms with Gasteiger partial charge in [-0.25, -0.2) is 0 Å². The molecule has 0 aliphatic rings. The van der Waals surface area contributed by atoms with Crippen molar-refractivity contribution in [1.29, 1.82) is 0 Å². The number of ether oxygens (including phenoxy) is 6. The van der Waals surface area contributed by atoms with Crippen LogP contribution in [0.25, 0.3) is 0 Å². The van der Waals surface area contributed by atoms with Crippen LogP contribution in [0.4, 0.5) is 0 Å². The molecular formula is C45H83N9O15. The van der Waals surface area contributed by atoms with Crippen molar-refractivity contribution >= 4 is 53.2 Å². The molecule has 0 rings (SSSR count). The Hall–Kier alpha value is -5.01. The van der Waals surface area contributed by atoms with Gasteiger partial charge in [0.05, 0.1) is 59.5 Å². The van der Waals surface area contributed by atoms with Crippen LogP contribution in [0.5, 0.6) is 0 Å². The summed E-state index contributed by atoms with van der Waals surface area (Å²) in [6.45, 7) is 8.57. The maximum Gasteiger partial charge on any atom is 0.246 e. The second-order valence-corrected chi connectivity index (χ2v) is 16.2. The van der Waals surface area contributed by atoms with Crippen molar-refractivity contribution in [1.82, 2.24) is 37.2 Å². The smallest absolute Gasteiger partial charge is 0.246 e. The molecule has 11 N–H and O–H groups in total. The van der Waals surface area contributed by atoms with Gasteiger partial charge in [-0.1, -0.05) is 26.7 Å². The average Bonchev–Trinajstić information content (AvgIpc) is 3.30. The summed E-state index contributed by atoms with van der Waals surface area (Å²) < 4.78 is 32.0. The fourth-order valence-corrected chi connectivity index (χ4v) is 5.87.